The van der Waals surface area contributed by atoms with E-state index in [9.17, 15) is 9.90 Å². The SMILES string of the molecule is COc1csc(C(=O)NCC(O)c2ccsc2)c1. The number of nitrogens with one attached hydrogen (secondary N) is 1. The Balaban J connectivity index is 1.88. The van der Waals surface area contributed by atoms with E-state index in [-0.39, 0.29) is 12.5 Å². The van der Waals surface area contributed by atoms with E-state index in [1.165, 1.54) is 22.7 Å². The van der Waals surface area contributed by atoms with Crippen LogP contribution in [0, 0.1) is 0 Å². The number of rotatable bonds is 5. The second-order valence-corrected chi connectivity index (χ2v) is 5.32. The van der Waals surface area contributed by atoms with Crippen molar-refractivity contribution >= 4 is 28.6 Å². The van der Waals surface area contributed by atoms with Crippen molar-refractivity contribution in [1.29, 1.82) is 0 Å². The molecule has 0 aromatic carbocycles. The summed E-state index contributed by atoms with van der Waals surface area (Å²) in [5, 5.41) is 18.0. The summed E-state index contributed by atoms with van der Waals surface area (Å²) in [6, 6.07) is 3.52. The van der Waals surface area contributed by atoms with Gasteiger partial charge in [-0.05, 0) is 22.4 Å². The van der Waals surface area contributed by atoms with Crippen LogP contribution in [-0.2, 0) is 0 Å². The van der Waals surface area contributed by atoms with Crippen molar-refractivity contribution in [2.75, 3.05) is 13.7 Å². The van der Waals surface area contributed by atoms with Crippen LogP contribution < -0.4 is 10.1 Å². The van der Waals surface area contributed by atoms with E-state index in [0.717, 1.165) is 5.56 Å². The first-order valence-corrected chi connectivity index (χ1v) is 7.14. The summed E-state index contributed by atoms with van der Waals surface area (Å²) in [4.78, 5) is 12.4. The highest BCUT2D eigenvalue weighted by atomic mass is 32.1. The van der Waals surface area contributed by atoms with Crippen LogP contribution in [0.2, 0.25) is 0 Å². The molecule has 0 aliphatic rings. The predicted molar refractivity (Wildman–Crippen MR) is 72.5 cm³/mol. The second kappa shape index (κ2) is 5.99. The Bertz CT molecular complexity index is 507. The molecular weight excluding hydrogens is 270 g/mol. The average Bonchev–Trinajstić information content (AvgIpc) is 3.05. The van der Waals surface area contributed by atoms with Gasteiger partial charge in [0.05, 0.1) is 18.1 Å². The Morgan fingerprint density at radius 2 is 2.39 bits per heavy atom. The van der Waals surface area contributed by atoms with E-state index in [1.807, 2.05) is 16.8 Å². The molecular formula is C12H13NO3S2. The van der Waals surface area contributed by atoms with Crippen LogP contribution >= 0.6 is 22.7 Å². The van der Waals surface area contributed by atoms with Gasteiger partial charge in [0, 0.05) is 18.0 Å². The zero-order chi connectivity index (χ0) is 13.0. The van der Waals surface area contributed by atoms with E-state index in [2.05, 4.69) is 5.32 Å². The summed E-state index contributed by atoms with van der Waals surface area (Å²) < 4.78 is 5.01. The number of carbonyl (C=O) groups is 1. The molecule has 0 aliphatic heterocycles. The standard InChI is InChI=1S/C12H13NO3S2/c1-16-9-4-11(18-7-9)12(15)13-5-10(14)8-2-3-17-6-8/h2-4,6-7,10,14H,5H2,1H3,(H,13,15). The molecule has 18 heavy (non-hydrogen) atoms. The number of aliphatic hydroxyl groups excluding tert-OH is 1. The lowest BCUT2D eigenvalue weighted by Crippen LogP contribution is -2.27. The molecule has 1 amide bonds. The fourth-order valence-electron chi connectivity index (χ4n) is 1.40. The number of hydrogen-bond donors (Lipinski definition) is 2. The van der Waals surface area contributed by atoms with Gasteiger partial charge in [0.15, 0.2) is 0 Å². The molecule has 1 unspecified atom stereocenters. The first-order valence-electron chi connectivity index (χ1n) is 5.31. The highest BCUT2D eigenvalue weighted by Crippen LogP contribution is 2.21. The molecule has 0 spiro atoms. The van der Waals surface area contributed by atoms with Crippen molar-refractivity contribution in [1.82, 2.24) is 5.32 Å². The molecule has 0 fully saturated rings. The Hall–Kier alpha value is -1.37. The van der Waals surface area contributed by atoms with Crippen molar-refractivity contribution in [2.45, 2.75) is 6.10 Å². The minimum absolute atomic E-state index is 0.197. The molecule has 1 atom stereocenters. The number of methoxy groups -OCH3 is 1. The summed E-state index contributed by atoms with van der Waals surface area (Å²) in [6.07, 6.45) is -0.665. The first kappa shape index (κ1) is 13.1. The third-order valence-electron chi connectivity index (χ3n) is 2.42. The van der Waals surface area contributed by atoms with E-state index in [1.54, 1.807) is 18.6 Å². The van der Waals surface area contributed by atoms with E-state index < -0.39 is 6.10 Å². The Labute approximate surface area is 113 Å². The van der Waals surface area contributed by atoms with E-state index in [0.29, 0.717) is 10.6 Å². The topological polar surface area (TPSA) is 58.6 Å². The summed E-state index contributed by atoms with van der Waals surface area (Å²) >= 11 is 2.83. The van der Waals surface area contributed by atoms with Gasteiger partial charge in [0.1, 0.15) is 5.75 Å². The van der Waals surface area contributed by atoms with Crippen LogP contribution in [0.4, 0.5) is 0 Å². The van der Waals surface area contributed by atoms with Gasteiger partial charge in [-0.15, -0.1) is 11.3 Å². The molecule has 2 aromatic rings. The number of hydrogen-bond acceptors (Lipinski definition) is 5. The third-order valence-corrected chi connectivity index (χ3v) is 4.03. The van der Waals surface area contributed by atoms with Crippen molar-refractivity contribution in [2.24, 2.45) is 0 Å². The minimum atomic E-state index is -0.665. The Morgan fingerprint density at radius 3 is 3.00 bits per heavy atom. The predicted octanol–water partition coefficient (Wildman–Crippen LogP) is 2.28. The largest absolute Gasteiger partial charge is 0.496 e. The summed E-state index contributed by atoms with van der Waals surface area (Å²) in [5.41, 5.74) is 0.823. The lowest BCUT2D eigenvalue weighted by atomic mass is 10.2. The van der Waals surface area contributed by atoms with Crippen LogP contribution in [0.5, 0.6) is 5.75 Å². The smallest absolute Gasteiger partial charge is 0.261 e. The van der Waals surface area contributed by atoms with Gasteiger partial charge < -0.3 is 15.2 Å². The van der Waals surface area contributed by atoms with Gasteiger partial charge >= 0.3 is 0 Å². The second-order valence-electron chi connectivity index (χ2n) is 3.63. The van der Waals surface area contributed by atoms with Crippen LogP contribution in [0.3, 0.4) is 0 Å². The van der Waals surface area contributed by atoms with Gasteiger partial charge in [-0.1, -0.05) is 0 Å². The zero-order valence-electron chi connectivity index (χ0n) is 9.75. The maximum absolute atomic E-state index is 11.8. The number of ether oxygens (including phenoxy) is 1. The summed E-state index contributed by atoms with van der Waals surface area (Å²) in [6.45, 7) is 0.204. The first-order chi connectivity index (χ1) is 8.70. The maximum Gasteiger partial charge on any atom is 0.261 e. The van der Waals surface area contributed by atoms with Crippen molar-refractivity contribution < 1.29 is 14.6 Å². The van der Waals surface area contributed by atoms with Crippen LogP contribution in [-0.4, -0.2) is 24.7 Å². The molecule has 0 saturated carbocycles. The van der Waals surface area contributed by atoms with Crippen molar-refractivity contribution in [3.63, 3.8) is 0 Å². The number of carbonyl (C=O) groups excluding carboxylic acids is 1. The highest BCUT2D eigenvalue weighted by molar-refractivity contribution is 7.12. The molecule has 0 radical (unpaired) electrons. The monoisotopic (exact) mass is 283 g/mol. The Morgan fingerprint density at radius 1 is 1.56 bits per heavy atom. The lowest BCUT2D eigenvalue weighted by Gasteiger charge is -2.09. The van der Waals surface area contributed by atoms with Crippen LogP contribution in [0.15, 0.2) is 28.3 Å². The molecule has 2 aromatic heterocycles. The van der Waals surface area contributed by atoms with Gasteiger partial charge in [-0.2, -0.15) is 11.3 Å². The molecule has 96 valence electrons. The maximum atomic E-state index is 11.8. The molecule has 2 rings (SSSR count). The molecule has 0 aliphatic carbocycles. The Kier molecular flexibility index (Phi) is 4.35. The molecule has 2 heterocycles. The molecule has 0 bridgehead atoms. The molecule has 0 saturated heterocycles. The minimum Gasteiger partial charge on any atom is -0.496 e. The van der Waals surface area contributed by atoms with Gasteiger partial charge in [0.2, 0.25) is 0 Å². The van der Waals surface area contributed by atoms with E-state index >= 15 is 0 Å². The normalized spacial score (nSPS) is 12.1. The molecule has 6 heteroatoms. The van der Waals surface area contributed by atoms with Gasteiger partial charge in [0.25, 0.3) is 5.91 Å². The molecule has 4 nitrogen and oxygen atoms in total. The molecule has 2 N–H and O–H groups in total. The highest BCUT2D eigenvalue weighted by Gasteiger charge is 2.12. The summed E-state index contributed by atoms with van der Waals surface area (Å²) in [5.74, 6) is 0.473. The zero-order valence-corrected chi connectivity index (χ0v) is 11.4. The van der Waals surface area contributed by atoms with E-state index in [4.69, 9.17) is 4.74 Å². The number of aliphatic hydroxyl groups is 1. The number of thiophene rings is 2. The van der Waals surface area contributed by atoms with Crippen molar-refractivity contribution in [3.8, 4) is 5.75 Å². The van der Waals surface area contributed by atoms with Crippen molar-refractivity contribution in [3.05, 3.63) is 38.7 Å². The third kappa shape index (κ3) is 3.10. The quantitative estimate of drug-likeness (QED) is 0.885. The van der Waals surface area contributed by atoms with Crippen LogP contribution in [0.1, 0.15) is 21.3 Å². The number of amides is 1. The lowest BCUT2D eigenvalue weighted by molar-refractivity contribution is 0.0920. The fourth-order valence-corrected chi connectivity index (χ4v) is 2.88. The van der Waals surface area contributed by atoms with Gasteiger partial charge in [-0.25, -0.2) is 0 Å². The van der Waals surface area contributed by atoms with Gasteiger partial charge in [-0.3, -0.25) is 4.79 Å². The average molecular weight is 283 g/mol. The summed E-state index contributed by atoms with van der Waals surface area (Å²) in [7, 11) is 1.56. The van der Waals surface area contributed by atoms with Crippen LogP contribution in [0.25, 0.3) is 0 Å². The fraction of sp³-hybridized carbons (Fsp3) is 0.250.